The fourth-order valence-corrected chi connectivity index (χ4v) is 7.88. The van der Waals surface area contributed by atoms with Crippen molar-refractivity contribution in [2.75, 3.05) is 13.2 Å². The van der Waals surface area contributed by atoms with Crippen molar-refractivity contribution in [2.45, 2.75) is 122 Å². The van der Waals surface area contributed by atoms with Gasteiger partial charge in [0.2, 0.25) is 10.0 Å². The summed E-state index contributed by atoms with van der Waals surface area (Å²) in [7, 11) is -3.73. The Kier molecular flexibility index (Phi) is 9.22. The lowest BCUT2D eigenvalue weighted by Gasteiger charge is -2.27. The molecule has 0 radical (unpaired) electrons. The van der Waals surface area contributed by atoms with Crippen LogP contribution in [0.2, 0.25) is 0 Å². The Morgan fingerprint density at radius 2 is 1.65 bits per heavy atom. The quantitative estimate of drug-likeness (QED) is 0.415. The number of aromatic nitrogens is 1. The van der Waals surface area contributed by atoms with Crippen LogP contribution < -0.4 is 10.0 Å². The highest BCUT2D eigenvalue weighted by atomic mass is 32.2. The Hall–Kier alpha value is -2.16. The van der Waals surface area contributed by atoms with Gasteiger partial charge < -0.3 is 14.6 Å². The van der Waals surface area contributed by atoms with E-state index < -0.39 is 21.0 Å². The number of nitrogens with zero attached hydrogens (tertiary/aromatic N) is 1. The SMILES string of the molecule is Cc1c(C(=O)NC2CCOCC2)cn(-c2ccc(S(=O)(=O)NC(C)(C)C)c(C(C)(C)C)c2)c1CC1CCCCC1. The molecule has 0 spiro atoms. The van der Waals surface area contributed by atoms with Gasteiger partial charge in [0.1, 0.15) is 0 Å². The molecular weight excluding hydrogens is 522 g/mol. The van der Waals surface area contributed by atoms with Gasteiger partial charge in [-0.25, -0.2) is 13.1 Å². The molecule has 222 valence electrons. The van der Waals surface area contributed by atoms with E-state index in [1.54, 1.807) is 6.07 Å². The van der Waals surface area contributed by atoms with E-state index in [9.17, 15) is 13.2 Å². The molecule has 1 saturated carbocycles. The Balaban J connectivity index is 1.79. The summed E-state index contributed by atoms with van der Waals surface area (Å²) in [6, 6.07) is 5.74. The van der Waals surface area contributed by atoms with Crippen LogP contribution in [0.1, 0.15) is 114 Å². The van der Waals surface area contributed by atoms with Crippen molar-refractivity contribution in [3.8, 4) is 5.69 Å². The van der Waals surface area contributed by atoms with Crippen molar-refractivity contribution in [1.29, 1.82) is 0 Å². The van der Waals surface area contributed by atoms with Crippen LogP contribution in [0.15, 0.2) is 29.3 Å². The Bertz CT molecular complexity index is 1300. The number of carbonyl (C=O) groups is 1. The number of carbonyl (C=O) groups excluding carboxylic acids is 1. The van der Waals surface area contributed by atoms with Crippen LogP contribution >= 0.6 is 0 Å². The molecule has 4 rings (SSSR count). The largest absolute Gasteiger partial charge is 0.381 e. The first kappa shape index (κ1) is 30.8. The molecule has 2 N–H and O–H groups in total. The first-order chi connectivity index (χ1) is 18.7. The number of hydrogen-bond donors (Lipinski definition) is 2. The van der Waals surface area contributed by atoms with E-state index in [-0.39, 0.29) is 11.9 Å². The van der Waals surface area contributed by atoms with Crippen molar-refractivity contribution in [3.63, 3.8) is 0 Å². The number of sulfonamides is 1. The maximum absolute atomic E-state index is 13.5. The van der Waals surface area contributed by atoms with Gasteiger partial charge in [-0.05, 0) is 87.6 Å². The van der Waals surface area contributed by atoms with Crippen LogP contribution in [0, 0.1) is 12.8 Å². The van der Waals surface area contributed by atoms with Crippen LogP contribution in [0.3, 0.4) is 0 Å². The lowest BCUT2D eigenvalue weighted by atomic mass is 9.85. The molecule has 0 atom stereocenters. The minimum absolute atomic E-state index is 0.0438. The topological polar surface area (TPSA) is 89.4 Å². The summed E-state index contributed by atoms with van der Waals surface area (Å²) < 4.78 is 37.3. The molecule has 1 aliphatic carbocycles. The van der Waals surface area contributed by atoms with E-state index in [0.29, 0.717) is 29.6 Å². The lowest BCUT2D eigenvalue weighted by Crippen LogP contribution is -2.41. The van der Waals surface area contributed by atoms with Gasteiger partial charge in [0.15, 0.2) is 0 Å². The molecule has 40 heavy (non-hydrogen) atoms. The average molecular weight is 572 g/mol. The second kappa shape index (κ2) is 12.0. The molecule has 2 aliphatic rings. The van der Waals surface area contributed by atoms with Crippen LogP contribution in [-0.4, -0.2) is 43.7 Å². The predicted octanol–water partition coefficient (Wildman–Crippen LogP) is 6.19. The van der Waals surface area contributed by atoms with E-state index in [2.05, 4.69) is 21.5 Å². The van der Waals surface area contributed by atoms with Gasteiger partial charge >= 0.3 is 0 Å². The van der Waals surface area contributed by atoms with Crippen molar-refractivity contribution >= 4 is 15.9 Å². The predicted molar refractivity (Wildman–Crippen MR) is 161 cm³/mol. The summed E-state index contributed by atoms with van der Waals surface area (Å²) in [5.74, 6) is 0.544. The molecule has 0 unspecified atom stereocenters. The van der Waals surface area contributed by atoms with Gasteiger partial charge in [-0.15, -0.1) is 0 Å². The van der Waals surface area contributed by atoms with Crippen molar-refractivity contribution in [1.82, 2.24) is 14.6 Å². The minimum atomic E-state index is -3.73. The van der Waals surface area contributed by atoms with Crippen LogP contribution in [-0.2, 0) is 26.6 Å². The highest BCUT2D eigenvalue weighted by molar-refractivity contribution is 7.89. The maximum Gasteiger partial charge on any atom is 0.253 e. The second-order valence-electron chi connectivity index (χ2n) is 13.8. The van der Waals surface area contributed by atoms with Crippen molar-refractivity contribution in [2.24, 2.45) is 5.92 Å². The zero-order chi connectivity index (χ0) is 29.3. The molecule has 8 heteroatoms. The summed E-state index contributed by atoms with van der Waals surface area (Å²) >= 11 is 0. The monoisotopic (exact) mass is 571 g/mol. The summed E-state index contributed by atoms with van der Waals surface area (Å²) in [4.78, 5) is 13.8. The third-order valence-electron chi connectivity index (χ3n) is 8.17. The minimum Gasteiger partial charge on any atom is -0.381 e. The average Bonchev–Trinajstić information content (AvgIpc) is 3.19. The number of rotatable bonds is 7. The lowest BCUT2D eigenvalue weighted by molar-refractivity contribution is 0.0696. The smallest absolute Gasteiger partial charge is 0.253 e. The van der Waals surface area contributed by atoms with E-state index in [4.69, 9.17) is 4.74 Å². The van der Waals surface area contributed by atoms with E-state index in [0.717, 1.165) is 41.8 Å². The Morgan fingerprint density at radius 3 is 2.25 bits per heavy atom. The molecule has 0 bridgehead atoms. The Labute approximate surface area is 241 Å². The molecular formula is C32H49N3O4S. The summed E-state index contributed by atoms with van der Waals surface area (Å²) in [6.45, 7) is 15.1. The zero-order valence-electron chi connectivity index (χ0n) is 25.5. The molecule has 1 aliphatic heterocycles. The first-order valence-electron chi connectivity index (χ1n) is 14.9. The number of hydrogen-bond acceptors (Lipinski definition) is 4. The zero-order valence-corrected chi connectivity index (χ0v) is 26.3. The molecule has 7 nitrogen and oxygen atoms in total. The summed E-state index contributed by atoms with van der Waals surface area (Å²) in [5, 5.41) is 3.24. The third-order valence-corrected chi connectivity index (χ3v) is 9.99. The van der Waals surface area contributed by atoms with E-state index in [1.807, 2.05) is 59.9 Å². The number of nitrogens with one attached hydrogen (secondary N) is 2. The van der Waals surface area contributed by atoms with E-state index >= 15 is 0 Å². The summed E-state index contributed by atoms with van der Waals surface area (Å²) in [5.41, 5.74) is 3.49. The molecule has 1 aromatic carbocycles. The molecule has 1 amide bonds. The molecule has 1 aromatic heterocycles. The highest BCUT2D eigenvalue weighted by Gasteiger charge is 2.30. The van der Waals surface area contributed by atoms with Crippen LogP contribution in [0.25, 0.3) is 5.69 Å². The van der Waals surface area contributed by atoms with Gasteiger partial charge in [-0.2, -0.15) is 0 Å². The van der Waals surface area contributed by atoms with Crippen LogP contribution in [0.5, 0.6) is 0 Å². The molecule has 2 aromatic rings. The number of amides is 1. The van der Waals surface area contributed by atoms with Gasteiger partial charge in [-0.1, -0.05) is 52.9 Å². The molecule has 2 heterocycles. The fraction of sp³-hybridized carbons (Fsp3) is 0.656. The Morgan fingerprint density at radius 1 is 1.00 bits per heavy atom. The molecule has 2 fully saturated rings. The normalized spacial score (nSPS) is 18.2. The number of ether oxygens (including phenoxy) is 1. The van der Waals surface area contributed by atoms with Gasteiger partial charge in [0.05, 0.1) is 10.5 Å². The third kappa shape index (κ3) is 7.37. The van der Waals surface area contributed by atoms with Crippen molar-refractivity contribution < 1.29 is 17.9 Å². The standard InChI is InChI=1S/C32H49N3O4S/c1-22-26(30(36)33-24-15-17-39-18-16-24)21-35(28(22)19-23-11-9-8-10-12-23)25-13-14-29(27(20-25)31(2,3)4)40(37,38)34-32(5,6)7/h13-14,20-21,23-24,34H,8-12,15-19H2,1-7H3,(H,33,36). The van der Waals surface area contributed by atoms with Crippen molar-refractivity contribution in [3.05, 3.63) is 46.8 Å². The van der Waals surface area contributed by atoms with Gasteiger partial charge in [0, 0.05) is 42.4 Å². The highest BCUT2D eigenvalue weighted by Crippen LogP contribution is 2.35. The van der Waals surface area contributed by atoms with Crippen LogP contribution in [0.4, 0.5) is 0 Å². The number of benzene rings is 1. The van der Waals surface area contributed by atoms with Gasteiger partial charge in [0.25, 0.3) is 5.91 Å². The van der Waals surface area contributed by atoms with E-state index in [1.165, 1.54) is 32.1 Å². The maximum atomic E-state index is 13.5. The van der Waals surface area contributed by atoms with Gasteiger partial charge in [-0.3, -0.25) is 4.79 Å². The first-order valence-corrected chi connectivity index (χ1v) is 16.4. The second-order valence-corrected chi connectivity index (χ2v) is 15.5. The fourth-order valence-electron chi connectivity index (χ4n) is 6.07. The summed E-state index contributed by atoms with van der Waals surface area (Å²) in [6.07, 6.45) is 10.7. The molecule has 1 saturated heterocycles.